The van der Waals surface area contributed by atoms with Crippen LogP contribution in [0, 0.1) is 6.92 Å². The van der Waals surface area contributed by atoms with Crippen molar-refractivity contribution in [3.05, 3.63) is 65.2 Å². The normalized spacial score (nSPS) is 24.3. The van der Waals surface area contributed by atoms with Gasteiger partial charge in [0.25, 0.3) is 0 Å². The predicted octanol–water partition coefficient (Wildman–Crippen LogP) is 2.01. The molecule has 2 aromatic carbocycles. The van der Waals surface area contributed by atoms with Crippen LogP contribution in [-0.4, -0.2) is 59.3 Å². The number of carbonyl (C=O) groups excluding carboxylic acids is 4. The highest BCUT2D eigenvalue weighted by Gasteiger charge is 2.45. The smallest absolute Gasteiger partial charge is 0.243 e. The molecule has 2 aliphatic rings. The lowest BCUT2D eigenvalue weighted by atomic mass is 9.86. The Kier molecular flexibility index (Phi) is 8.34. The summed E-state index contributed by atoms with van der Waals surface area (Å²) in [6.07, 6.45) is 1.49. The summed E-state index contributed by atoms with van der Waals surface area (Å²) in [7, 11) is 0. The van der Waals surface area contributed by atoms with E-state index in [-0.39, 0.29) is 24.8 Å². The van der Waals surface area contributed by atoms with Gasteiger partial charge in [-0.2, -0.15) is 0 Å². The van der Waals surface area contributed by atoms with Gasteiger partial charge in [-0.05, 0) is 61.9 Å². The summed E-state index contributed by atoms with van der Waals surface area (Å²) in [5, 5.41) is 8.35. The Bertz CT molecular complexity index is 1200. The Labute approximate surface area is 223 Å². The zero-order valence-corrected chi connectivity index (χ0v) is 22.2. The fourth-order valence-electron chi connectivity index (χ4n) is 4.89. The first-order valence-electron chi connectivity index (χ1n) is 13.1. The molecule has 38 heavy (non-hydrogen) atoms. The molecule has 9 heteroatoms. The van der Waals surface area contributed by atoms with Gasteiger partial charge >= 0.3 is 0 Å². The number of carbonyl (C=O) groups is 4. The lowest BCUT2D eigenvalue weighted by Gasteiger charge is -2.50. The predicted molar refractivity (Wildman–Crippen MR) is 142 cm³/mol. The Morgan fingerprint density at radius 3 is 2.58 bits per heavy atom. The lowest BCUT2D eigenvalue weighted by molar-refractivity contribution is -0.150. The number of nitrogens with zero attached hydrogens (tertiary/aromatic N) is 1. The van der Waals surface area contributed by atoms with Crippen LogP contribution in [0.4, 0.5) is 0 Å². The molecular weight excluding hydrogens is 484 g/mol. The van der Waals surface area contributed by atoms with Gasteiger partial charge in [0.05, 0.1) is 12.0 Å². The molecule has 4 rings (SSSR count). The SMILES string of the molecule is CC(=O)N[C@H]1CC(=O)N2CCC2(C)COc2ccc(C)c(c2)CNC(=O)[C@H](CCc2ccccc2)NC1=O. The van der Waals surface area contributed by atoms with Crippen LogP contribution < -0.4 is 20.7 Å². The van der Waals surface area contributed by atoms with E-state index >= 15 is 0 Å². The molecule has 3 N–H and O–H groups in total. The molecule has 1 saturated heterocycles. The van der Waals surface area contributed by atoms with Crippen LogP contribution >= 0.6 is 0 Å². The van der Waals surface area contributed by atoms with E-state index in [2.05, 4.69) is 16.0 Å². The van der Waals surface area contributed by atoms with Gasteiger partial charge in [-0.15, -0.1) is 0 Å². The van der Waals surface area contributed by atoms with Crippen LogP contribution in [0.15, 0.2) is 48.5 Å². The molecule has 2 aliphatic heterocycles. The lowest BCUT2D eigenvalue weighted by Crippen LogP contribution is -2.64. The van der Waals surface area contributed by atoms with E-state index in [1.54, 1.807) is 4.90 Å². The van der Waals surface area contributed by atoms with Crippen molar-refractivity contribution >= 4 is 23.6 Å². The van der Waals surface area contributed by atoms with Crippen molar-refractivity contribution in [3.8, 4) is 5.75 Å². The first kappa shape index (κ1) is 27.2. The third-order valence-electron chi connectivity index (χ3n) is 7.42. The molecule has 2 bridgehead atoms. The standard InChI is InChI=1S/C29H36N4O5/c1-19-9-11-23-15-22(19)17-30-27(36)24(12-10-21-7-5-4-6-8-21)32-28(37)25(31-20(2)34)16-26(35)33-14-13-29(33,3)18-38-23/h4-9,11,15,24-25H,10,12-14,16-18H2,1-3H3,(H,30,36)(H,31,34)(H,32,37)/t24-,25-,29?/m0/s1. The molecule has 3 atom stereocenters. The summed E-state index contributed by atoms with van der Waals surface area (Å²) in [6.45, 7) is 6.34. The zero-order chi connectivity index (χ0) is 27.3. The fraction of sp³-hybridized carbons (Fsp3) is 0.448. The van der Waals surface area contributed by atoms with E-state index in [0.717, 1.165) is 23.1 Å². The molecule has 0 aliphatic carbocycles. The van der Waals surface area contributed by atoms with Crippen molar-refractivity contribution in [1.82, 2.24) is 20.9 Å². The molecule has 0 radical (unpaired) electrons. The van der Waals surface area contributed by atoms with E-state index in [1.807, 2.05) is 62.4 Å². The van der Waals surface area contributed by atoms with E-state index in [0.29, 0.717) is 31.7 Å². The van der Waals surface area contributed by atoms with Gasteiger partial charge in [0.2, 0.25) is 23.6 Å². The largest absolute Gasteiger partial charge is 0.491 e. The van der Waals surface area contributed by atoms with Crippen LogP contribution in [-0.2, 0) is 32.1 Å². The van der Waals surface area contributed by atoms with Gasteiger partial charge in [-0.3, -0.25) is 19.2 Å². The number of hydrogen-bond donors (Lipinski definition) is 3. The Hall–Kier alpha value is -3.88. The van der Waals surface area contributed by atoms with Gasteiger partial charge in [0, 0.05) is 20.0 Å². The van der Waals surface area contributed by atoms with Gasteiger partial charge in [0.1, 0.15) is 24.4 Å². The number of hydrogen-bond acceptors (Lipinski definition) is 5. The number of fused-ring (bicyclic) bond motifs is 3. The molecule has 1 fully saturated rings. The average Bonchev–Trinajstić information content (AvgIpc) is 2.88. The van der Waals surface area contributed by atoms with E-state index < -0.39 is 29.4 Å². The monoisotopic (exact) mass is 520 g/mol. The number of aryl methyl sites for hydroxylation is 2. The minimum absolute atomic E-state index is 0.206. The first-order chi connectivity index (χ1) is 18.1. The summed E-state index contributed by atoms with van der Waals surface area (Å²) < 4.78 is 6.08. The van der Waals surface area contributed by atoms with Crippen molar-refractivity contribution in [2.75, 3.05) is 13.2 Å². The topological polar surface area (TPSA) is 117 Å². The van der Waals surface area contributed by atoms with E-state index in [1.165, 1.54) is 6.92 Å². The molecule has 1 unspecified atom stereocenters. The second-order valence-electron chi connectivity index (χ2n) is 10.4. The molecule has 0 spiro atoms. The maximum absolute atomic E-state index is 13.3. The molecule has 0 aromatic heterocycles. The number of amides is 4. The zero-order valence-electron chi connectivity index (χ0n) is 22.2. The van der Waals surface area contributed by atoms with Crippen molar-refractivity contribution in [1.29, 1.82) is 0 Å². The maximum Gasteiger partial charge on any atom is 0.243 e. The molecule has 2 aromatic rings. The molecule has 202 valence electrons. The van der Waals surface area contributed by atoms with Crippen LogP contribution in [0.25, 0.3) is 0 Å². The number of ether oxygens (including phenoxy) is 1. The van der Waals surface area contributed by atoms with Crippen LogP contribution in [0.2, 0.25) is 0 Å². The number of rotatable bonds is 4. The third-order valence-corrected chi connectivity index (χ3v) is 7.42. The Morgan fingerprint density at radius 2 is 1.89 bits per heavy atom. The van der Waals surface area contributed by atoms with Crippen molar-refractivity contribution in [2.45, 2.75) is 70.6 Å². The molecule has 0 saturated carbocycles. The second kappa shape index (κ2) is 11.7. The Balaban J connectivity index is 1.62. The molecule has 4 amide bonds. The summed E-state index contributed by atoms with van der Waals surface area (Å²) in [5.41, 5.74) is 2.43. The number of nitrogens with one attached hydrogen (secondary N) is 3. The maximum atomic E-state index is 13.3. The second-order valence-corrected chi connectivity index (χ2v) is 10.4. The summed E-state index contributed by atoms with van der Waals surface area (Å²) >= 11 is 0. The summed E-state index contributed by atoms with van der Waals surface area (Å²) in [5.74, 6) is -0.919. The van der Waals surface area contributed by atoms with Gasteiger partial charge < -0.3 is 25.6 Å². The van der Waals surface area contributed by atoms with Crippen LogP contribution in [0.1, 0.15) is 49.8 Å². The highest BCUT2D eigenvalue weighted by Crippen LogP contribution is 2.32. The van der Waals surface area contributed by atoms with Crippen molar-refractivity contribution in [3.63, 3.8) is 0 Å². The minimum Gasteiger partial charge on any atom is -0.491 e. The minimum atomic E-state index is -1.10. The molecule has 2 heterocycles. The van der Waals surface area contributed by atoms with Gasteiger partial charge in [0.15, 0.2) is 0 Å². The van der Waals surface area contributed by atoms with Gasteiger partial charge in [-0.1, -0.05) is 36.4 Å². The summed E-state index contributed by atoms with van der Waals surface area (Å²) in [4.78, 5) is 53.5. The number of benzene rings is 2. The third kappa shape index (κ3) is 6.51. The highest BCUT2D eigenvalue weighted by atomic mass is 16.5. The van der Waals surface area contributed by atoms with Crippen molar-refractivity contribution in [2.24, 2.45) is 0 Å². The first-order valence-corrected chi connectivity index (χ1v) is 13.1. The van der Waals surface area contributed by atoms with Gasteiger partial charge in [-0.25, -0.2) is 0 Å². The highest BCUT2D eigenvalue weighted by molar-refractivity contribution is 5.94. The van der Waals surface area contributed by atoms with Crippen molar-refractivity contribution < 1.29 is 23.9 Å². The Morgan fingerprint density at radius 1 is 1.13 bits per heavy atom. The summed E-state index contributed by atoms with van der Waals surface area (Å²) in [6, 6.07) is 13.5. The molecular formula is C29H36N4O5. The van der Waals surface area contributed by atoms with Crippen LogP contribution in [0.3, 0.4) is 0 Å². The average molecular weight is 521 g/mol. The van der Waals surface area contributed by atoms with Crippen LogP contribution in [0.5, 0.6) is 5.75 Å². The molecule has 9 nitrogen and oxygen atoms in total. The van der Waals surface area contributed by atoms with E-state index in [9.17, 15) is 19.2 Å². The van der Waals surface area contributed by atoms with E-state index in [4.69, 9.17) is 4.74 Å². The fourth-order valence-corrected chi connectivity index (χ4v) is 4.89. The quantitative estimate of drug-likeness (QED) is 0.570.